The molecule has 0 saturated carbocycles. The number of anilines is 1. The Balaban J connectivity index is 1.23. The van der Waals surface area contributed by atoms with Crippen molar-refractivity contribution in [2.45, 2.75) is 19.4 Å². The van der Waals surface area contributed by atoms with E-state index in [4.69, 9.17) is 4.74 Å². The van der Waals surface area contributed by atoms with Crippen molar-refractivity contribution in [3.05, 3.63) is 76.3 Å². The number of amides is 3. The van der Waals surface area contributed by atoms with Gasteiger partial charge >= 0.3 is 12.1 Å². The second-order valence-electron chi connectivity index (χ2n) is 10.1. The van der Waals surface area contributed by atoms with Crippen molar-refractivity contribution < 1.29 is 29.0 Å². The molecule has 222 valence electrons. The summed E-state index contributed by atoms with van der Waals surface area (Å²) in [4.78, 5) is 74.0. The Labute approximate surface area is 244 Å². The average molecular weight is 588 g/mol. The molecule has 3 amide bonds. The molecule has 0 saturated heterocycles. The highest BCUT2D eigenvalue weighted by molar-refractivity contribution is 5.87. The van der Waals surface area contributed by atoms with Crippen molar-refractivity contribution in [2.75, 3.05) is 38.6 Å². The molecule has 14 heteroatoms. The van der Waals surface area contributed by atoms with E-state index in [1.807, 2.05) is 48.5 Å². The van der Waals surface area contributed by atoms with Crippen LogP contribution in [0.4, 0.5) is 10.7 Å². The number of imidazole rings is 1. The maximum atomic E-state index is 13.1. The summed E-state index contributed by atoms with van der Waals surface area (Å²) in [6, 6.07) is 15.8. The Bertz CT molecular complexity index is 1730. The SMILES string of the molecule is CC(=O)Nc1nc2c(ncn2CCN(CC(=O)O)C(=O)CN(C)C(=O)OCC2c3ccccc3-c3ccccc32)c(=O)[nH]1. The molecule has 14 nitrogen and oxygen atoms in total. The second-order valence-corrected chi connectivity index (χ2v) is 10.1. The zero-order valence-corrected chi connectivity index (χ0v) is 23.4. The van der Waals surface area contributed by atoms with Crippen molar-refractivity contribution in [3.8, 4) is 11.1 Å². The summed E-state index contributed by atoms with van der Waals surface area (Å²) in [5.74, 6) is -2.52. The number of aromatic nitrogens is 4. The van der Waals surface area contributed by atoms with Crippen LogP contribution >= 0.6 is 0 Å². The Hall–Kier alpha value is -5.53. The van der Waals surface area contributed by atoms with E-state index in [0.717, 1.165) is 32.1 Å². The number of fused-ring (bicyclic) bond motifs is 4. The number of rotatable bonds is 10. The van der Waals surface area contributed by atoms with Crippen LogP contribution in [0.2, 0.25) is 0 Å². The van der Waals surface area contributed by atoms with Gasteiger partial charge < -0.3 is 24.2 Å². The highest BCUT2D eigenvalue weighted by atomic mass is 16.6. The molecule has 3 N–H and O–H groups in total. The molecule has 0 aliphatic heterocycles. The van der Waals surface area contributed by atoms with Gasteiger partial charge in [-0.2, -0.15) is 4.98 Å². The number of hydrogen-bond donors (Lipinski definition) is 3. The first-order valence-electron chi connectivity index (χ1n) is 13.4. The largest absolute Gasteiger partial charge is 0.480 e. The summed E-state index contributed by atoms with van der Waals surface area (Å²) < 4.78 is 7.06. The number of hydrogen-bond acceptors (Lipinski definition) is 8. The van der Waals surface area contributed by atoms with Gasteiger partial charge in [0.05, 0.1) is 6.33 Å². The fourth-order valence-corrected chi connectivity index (χ4v) is 5.10. The van der Waals surface area contributed by atoms with Crippen LogP contribution < -0.4 is 10.9 Å². The minimum absolute atomic E-state index is 0.0141. The lowest BCUT2D eigenvalue weighted by molar-refractivity contribution is -0.144. The van der Waals surface area contributed by atoms with E-state index in [9.17, 15) is 29.1 Å². The molecular weight excluding hydrogens is 558 g/mol. The quantitative estimate of drug-likeness (QED) is 0.250. The number of carboxylic acids is 1. The van der Waals surface area contributed by atoms with Gasteiger partial charge in [0.1, 0.15) is 19.7 Å². The lowest BCUT2D eigenvalue weighted by atomic mass is 9.98. The van der Waals surface area contributed by atoms with Crippen LogP contribution in [0.25, 0.3) is 22.3 Å². The van der Waals surface area contributed by atoms with E-state index in [0.29, 0.717) is 0 Å². The number of aromatic amines is 1. The number of carbonyl (C=O) groups excluding carboxylic acids is 3. The van der Waals surface area contributed by atoms with Crippen LogP contribution in [-0.2, 0) is 25.7 Å². The molecule has 0 radical (unpaired) electrons. The third-order valence-corrected chi connectivity index (χ3v) is 7.08. The van der Waals surface area contributed by atoms with Crippen LogP contribution in [0.15, 0.2) is 59.7 Å². The van der Waals surface area contributed by atoms with E-state index in [-0.39, 0.29) is 42.7 Å². The summed E-state index contributed by atoms with van der Waals surface area (Å²) in [7, 11) is 1.40. The van der Waals surface area contributed by atoms with Crippen molar-refractivity contribution in [1.29, 1.82) is 0 Å². The van der Waals surface area contributed by atoms with E-state index in [1.165, 1.54) is 24.9 Å². The smallest absolute Gasteiger partial charge is 0.409 e. The molecule has 0 unspecified atom stereocenters. The van der Waals surface area contributed by atoms with E-state index in [1.54, 1.807) is 0 Å². The summed E-state index contributed by atoms with van der Waals surface area (Å²) >= 11 is 0. The van der Waals surface area contributed by atoms with E-state index < -0.39 is 42.5 Å². The normalized spacial score (nSPS) is 12.0. The molecular formula is C29H29N7O7. The fraction of sp³-hybridized carbons (Fsp3) is 0.276. The van der Waals surface area contributed by atoms with Gasteiger partial charge in [0.2, 0.25) is 17.8 Å². The number of carbonyl (C=O) groups is 4. The highest BCUT2D eigenvalue weighted by Gasteiger charge is 2.30. The molecule has 2 aromatic carbocycles. The van der Waals surface area contributed by atoms with Gasteiger partial charge in [-0.3, -0.25) is 29.5 Å². The molecule has 4 aromatic rings. The highest BCUT2D eigenvalue weighted by Crippen LogP contribution is 2.44. The second kappa shape index (κ2) is 12.1. The Morgan fingerprint density at radius 2 is 1.70 bits per heavy atom. The van der Waals surface area contributed by atoms with Crippen LogP contribution in [-0.4, -0.2) is 91.6 Å². The zero-order valence-electron chi connectivity index (χ0n) is 23.4. The molecule has 0 atom stereocenters. The number of ether oxygens (including phenoxy) is 1. The summed E-state index contributed by atoms with van der Waals surface area (Å²) in [6.45, 7) is 0.259. The molecule has 0 spiro atoms. The predicted molar refractivity (Wildman–Crippen MR) is 154 cm³/mol. The maximum absolute atomic E-state index is 13.1. The molecule has 2 aromatic heterocycles. The summed E-state index contributed by atoms with van der Waals surface area (Å²) in [5.41, 5.74) is 3.86. The zero-order chi connectivity index (χ0) is 30.7. The van der Waals surface area contributed by atoms with E-state index in [2.05, 4.69) is 20.3 Å². The van der Waals surface area contributed by atoms with Crippen LogP contribution in [0.5, 0.6) is 0 Å². The molecule has 1 aliphatic rings. The minimum Gasteiger partial charge on any atom is -0.480 e. The van der Waals surface area contributed by atoms with Gasteiger partial charge in [-0.1, -0.05) is 48.5 Å². The Kier molecular flexibility index (Phi) is 8.18. The lowest BCUT2D eigenvalue weighted by Gasteiger charge is -2.24. The average Bonchev–Trinajstić information content (AvgIpc) is 3.52. The number of aliphatic carboxylic acids is 1. The fourth-order valence-electron chi connectivity index (χ4n) is 5.10. The van der Waals surface area contributed by atoms with E-state index >= 15 is 0 Å². The third kappa shape index (κ3) is 6.22. The summed E-state index contributed by atoms with van der Waals surface area (Å²) in [6.07, 6.45) is 0.608. The molecule has 2 heterocycles. The minimum atomic E-state index is -1.24. The van der Waals surface area contributed by atoms with Crippen molar-refractivity contribution >= 4 is 41.0 Å². The lowest BCUT2D eigenvalue weighted by Crippen LogP contribution is -2.44. The number of benzene rings is 2. The standard InChI is InChI=1S/C29H29N7O7/c1-17(37)31-28-32-26-25(27(41)33-28)30-16-36(26)12-11-35(14-24(39)40)23(38)13-34(2)29(42)43-15-22-20-9-5-3-7-18(20)19-8-4-6-10-21(19)22/h3-10,16,22H,11-15H2,1-2H3,(H,39,40)(H2,31,32,33,37,41). The van der Waals surface area contributed by atoms with Crippen LogP contribution in [0, 0.1) is 0 Å². The Morgan fingerprint density at radius 3 is 2.33 bits per heavy atom. The van der Waals surface area contributed by atoms with Crippen molar-refractivity contribution in [3.63, 3.8) is 0 Å². The van der Waals surface area contributed by atoms with Crippen LogP contribution in [0.1, 0.15) is 24.0 Å². The van der Waals surface area contributed by atoms with Gasteiger partial charge in [-0.05, 0) is 22.3 Å². The molecule has 43 heavy (non-hydrogen) atoms. The first-order valence-corrected chi connectivity index (χ1v) is 13.4. The number of nitrogens with zero attached hydrogens (tertiary/aromatic N) is 5. The predicted octanol–water partition coefficient (Wildman–Crippen LogP) is 1.87. The maximum Gasteiger partial charge on any atom is 0.409 e. The molecule has 0 fully saturated rings. The van der Waals surface area contributed by atoms with Gasteiger partial charge in [0.15, 0.2) is 11.2 Å². The van der Waals surface area contributed by atoms with Gasteiger partial charge in [-0.15, -0.1) is 0 Å². The van der Waals surface area contributed by atoms with Crippen molar-refractivity contribution in [2.24, 2.45) is 0 Å². The summed E-state index contributed by atoms with van der Waals surface area (Å²) in [5, 5.41) is 11.8. The molecule has 5 rings (SSSR count). The Morgan fingerprint density at radius 1 is 1.05 bits per heavy atom. The van der Waals surface area contributed by atoms with Crippen LogP contribution in [0.3, 0.4) is 0 Å². The first kappa shape index (κ1) is 29.0. The number of carboxylic acid groups (broad SMARTS) is 1. The van der Waals surface area contributed by atoms with Gasteiger partial charge in [-0.25, -0.2) is 9.78 Å². The number of likely N-dealkylation sites (N-methyl/N-ethyl adjacent to an activating group) is 1. The number of H-pyrrole nitrogens is 1. The van der Waals surface area contributed by atoms with Crippen molar-refractivity contribution in [1.82, 2.24) is 29.3 Å². The van der Waals surface area contributed by atoms with Gasteiger partial charge in [0, 0.05) is 33.0 Å². The first-order chi connectivity index (χ1) is 20.6. The molecule has 1 aliphatic carbocycles. The molecule has 0 bridgehead atoms. The number of nitrogens with one attached hydrogen (secondary N) is 2. The topological polar surface area (TPSA) is 180 Å². The third-order valence-electron chi connectivity index (χ3n) is 7.08. The monoisotopic (exact) mass is 587 g/mol. The van der Waals surface area contributed by atoms with Gasteiger partial charge in [0.25, 0.3) is 5.56 Å².